The predicted octanol–water partition coefficient (Wildman–Crippen LogP) is 5.98. The van der Waals surface area contributed by atoms with Gasteiger partial charge in [-0.05, 0) is 63.1 Å². The minimum atomic E-state index is -0.313. The Morgan fingerprint density at radius 3 is 2.63 bits per heavy atom. The van der Waals surface area contributed by atoms with Crippen molar-refractivity contribution < 1.29 is 4.39 Å². The maximum absolute atomic E-state index is 15.0. The van der Waals surface area contributed by atoms with Crippen LogP contribution < -0.4 is 0 Å². The Morgan fingerprint density at radius 2 is 1.87 bits per heavy atom. The molecule has 1 N–H and O–H groups in total. The van der Waals surface area contributed by atoms with Gasteiger partial charge in [-0.3, -0.25) is 4.98 Å². The Hall–Kier alpha value is -3.54. The smallest absolute Gasteiger partial charge is 0.151 e. The predicted molar refractivity (Wildman–Crippen MR) is 118 cm³/mol. The van der Waals surface area contributed by atoms with Crippen LogP contribution in [0.4, 0.5) is 4.39 Å². The van der Waals surface area contributed by atoms with E-state index in [2.05, 4.69) is 51.3 Å². The number of pyridine rings is 2. The van der Waals surface area contributed by atoms with Crippen molar-refractivity contribution in [1.82, 2.24) is 24.5 Å². The van der Waals surface area contributed by atoms with Crippen LogP contribution >= 0.6 is 0 Å². The lowest BCUT2D eigenvalue weighted by atomic mass is 10.0. The molecule has 0 saturated heterocycles. The van der Waals surface area contributed by atoms with E-state index in [4.69, 9.17) is 0 Å². The third-order valence-electron chi connectivity index (χ3n) is 5.63. The van der Waals surface area contributed by atoms with Gasteiger partial charge in [-0.1, -0.05) is 0 Å². The number of H-pyrrole nitrogens is 1. The molecule has 1 aromatic carbocycles. The van der Waals surface area contributed by atoms with Gasteiger partial charge in [-0.2, -0.15) is 0 Å². The number of nitrogens with zero attached hydrogens (tertiary/aromatic N) is 4. The van der Waals surface area contributed by atoms with Crippen LogP contribution in [-0.4, -0.2) is 24.5 Å². The van der Waals surface area contributed by atoms with E-state index in [1.54, 1.807) is 12.3 Å². The van der Waals surface area contributed by atoms with Crippen LogP contribution in [0, 0.1) is 19.7 Å². The van der Waals surface area contributed by atoms with Crippen LogP contribution in [0.1, 0.15) is 31.3 Å². The molecular weight excluding hydrogens is 377 g/mol. The summed E-state index contributed by atoms with van der Waals surface area (Å²) in [5.41, 5.74) is 6.85. The van der Waals surface area contributed by atoms with Crippen molar-refractivity contribution >= 4 is 22.1 Å². The number of imidazole rings is 1. The zero-order chi connectivity index (χ0) is 21.0. The van der Waals surface area contributed by atoms with Gasteiger partial charge in [0.05, 0.1) is 5.52 Å². The van der Waals surface area contributed by atoms with Crippen molar-refractivity contribution in [3.8, 4) is 22.3 Å². The van der Waals surface area contributed by atoms with Crippen molar-refractivity contribution in [2.45, 2.75) is 33.7 Å². The first kappa shape index (κ1) is 18.5. The van der Waals surface area contributed by atoms with E-state index in [9.17, 15) is 4.39 Å². The Kier molecular flexibility index (Phi) is 4.17. The van der Waals surface area contributed by atoms with Crippen molar-refractivity contribution in [2.75, 3.05) is 0 Å². The van der Waals surface area contributed by atoms with E-state index in [1.165, 1.54) is 0 Å². The summed E-state index contributed by atoms with van der Waals surface area (Å²) in [4.78, 5) is 16.5. The molecule has 0 aliphatic carbocycles. The van der Waals surface area contributed by atoms with Crippen LogP contribution in [0.5, 0.6) is 0 Å². The molecule has 0 aliphatic rings. The highest BCUT2D eigenvalue weighted by Crippen LogP contribution is 2.35. The van der Waals surface area contributed by atoms with E-state index in [-0.39, 0.29) is 11.9 Å². The van der Waals surface area contributed by atoms with Crippen LogP contribution in [-0.2, 0) is 0 Å². The van der Waals surface area contributed by atoms with Crippen molar-refractivity contribution in [3.05, 3.63) is 66.3 Å². The average molecular weight is 399 g/mol. The molecule has 5 aromatic rings. The van der Waals surface area contributed by atoms with Gasteiger partial charge in [-0.15, -0.1) is 0 Å². The lowest BCUT2D eigenvalue weighted by Crippen LogP contribution is -2.02. The van der Waals surface area contributed by atoms with Gasteiger partial charge in [0, 0.05) is 52.9 Å². The third-order valence-corrected chi connectivity index (χ3v) is 5.63. The summed E-state index contributed by atoms with van der Waals surface area (Å²) >= 11 is 0. The average Bonchev–Trinajstić information content (AvgIpc) is 3.28. The van der Waals surface area contributed by atoms with Crippen LogP contribution in [0.2, 0.25) is 0 Å². The SMILES string of the molecule is Cc1ccncc1-c1cnc2[nH]cc(-c3cc(F)c4nc(C)n(C(C)C)c4c3)c2c1. The first-order chi connectivity index (χ1) is 14.4. The van der Waals surface area contributed by atoms with Gasteiger partial charge in [0.1, 0.15) is 17.0 Å². The zero-order valence-electron chi connectivity index (χ0n) is 17.4. The third kappa shape index (κ3) is 2.79. The molecule has 0 radical (unpaired) electrons. The van der Waals surface area contributed by atoms with Crippen molar-refractivity contribution in [3.63, 3.8) is 0 Å². The Morgan fingerprint density at radius 1 is 1.03 bits per heavy atom. The Labute approximate surface area is 173 Å². The summed E-state index contributed by atoms with van der Waals surface area (Å²) in [6.07, 6.45) is 7.36. The minimum Gasteiger partial charge on any atom is -0.346 e. The van der Waals surface area contributed by atoms with Gasteiger partial charge in [0.15, 0.2) is 5.82 Å². The second-order valence-electron chi connectivity index (χ2n) is 7.96. The van der Waals surface area contributed by atoms with Crippen molar-refractivity contribution in [1.29, 1.82) is 0 Å². The summed E-state index contributed by atoms with van der Waals surface area (Å²) in [5.74, 6) is 0.498. The second kappa shape index (κ2) is 6.76. The number of halogens is 1. The molecular formula is C24H22FN5. The van der Waals surface area contributed by atoms with Gasteiger partial charge in [0.25, 0.3) is 0 Å². The summed E-state index contributed by atoms with van der Waals surface area (Å²) in [6, 6.07) is 7.84. The topological polar surface area (TPSA) is 59.4 Å². The Bertz CT molecular complexity index is 1410. The van der Waals surface area contributed by atoms with Crippen molar-refractivity contribution in [2.24, 2.45) is 0 Å². The fourth-order valence-corrected chi connectivity index (χ4v) is 4.23. The number of aromatic nitrogens is 5. The zero-order valence-corrected chi connectivity index (χ0v) is 17.4. The van der Waals surface area contributed by atoms with E-state index in [0.29, 0.717) is 5.52 Å². The second-order valence-corrected chi connectivity index (χ2v) is 7.96. The highest BCUT2D eigenvalue weighted by Gasteiger charge is 2.17. The normalized spacial score (nSPS) is 11.8. The Balaban J connectivity index is 1.73. The monoisotopic (exact) mass is 399 g/mol. The quantitative estimate of drug-likeness (QED) is 0.406. The fraction of sp³-hybridized carbons (Fsp3) is 0.208. The number of aryl methyl sites for hydroxylation is 2. The van der Waals surface area contributed by atoms with Gasteiger partial charge in [0.2, 0.25) is 0 Å². The molecule has 6 heteroatoms. The number of nitrogens with one attached hydrogen (secondary N) is 1. The molecule has 4 aromatic heterocycles. The summed E-state index contributed by atoms with van der Waals surface area (Å²) in [7, 11) is 0. The molecule has 0 fully saturated rings. The van der Waals surface area contributed by atoms with Crippen LogP contribution in [0.15, 0.2) is 49.1 Å². The lowest BCUT2D eigenvalue weighted by molar-refractivity contribution is 0.600. The number of hydrogen-bond donors (Lipinski definition) is 1. The number of rotatable bonds is 3. The van der Waals surface area contributed by atoms with E-state index in [0.717, 1.165) is 50.2 Å². The molecule has 150 valence electrons. The molecule has 0 spiro atoms. The first-order valence-electron chi connectivity index (χ1n) is 10.0. The highest BCUT2D eigenvalue weighted by molar-refractivity contribution is 5.97. The van der Waals surface area contributed by atoms with Gasteiger partial charge in [-0.25, -0.2) is 14.4 Å². The summed E-state index contributed by atoms with van der Waals surface area (Å²) < 4.78 is 17.1. The summed E-state index contributed by atoms with van der Waals surface area (Å²) in [5, 5.41) is 0.946. The fourth-order valence-electron chi connectivity index (χ4n) is 4.23. The molecule has 0 unspecified atom stereocenters. The highest BCUT2D eigenvalue weighted by atomic mass is 19.1. The number of aromatic amines is 1. The molecule has 5 nitrogen and oxygen atoms in total. The maximum atomic E-state index is 15.0. The first-order valence-corrected chi connectivity index (χ1v) is 10.0. The molecule has 0 atom stereocenters. The van der Waals surface area contributed by atoms with E-state index < -0.39 is 0 Å². The largest absolute Gasteiger partial charge is 0.346 e. The molecule has 0 saturated carbocycles. The molecule has 0 aliphatic heterocycles. The van der Waals surface area contributed by atoms with E-state index >= 15 is 0 Å². The molecule has 0 bridgehead atoms. The molecule has 4 heterocycles. The van der Waals surface area contributed by atoms with Crippen LogP contribution in [0.25, 0.3) is 44.3 Å². The standard InChI is InChI=1S/C24H22FN5/c1-13(2)30-15(4)29-23-21(25)8-16(9-22(23)30)20-12-28-24-18(20)7-17(10-27-24)19-11-26-6-5-14(19)3/h5-13H,1-4H3,(H,27,28). The minimum absolute atomic E-state index is 0.189. The van der Waals surface area contributed by atoms with Gasteiger partial charge < -0.3 is 9.55 Å². The van der Waals surface area contributed by atoms with Gasteiger partial charge >= 0.3 is 0 Å². The molecule has 0 amide bonds. The number of fused-ring (bicyclic) bond motifs is 2. The molecule has 30 heavy (non-hydrogen) atoms. The van der Waals surface area contributed by atoms with Crippen LogP contribution in [0.3, 0.4) is 0 Å². The molecule has 5 rings (SSSR count). The maximum Gasteiger partial charge on any atom is 0.151 e. The van der Waals surface area contributed by atoms with E-state index in [1.807, 2.05) is 37.6 Å². The number of hydrogen-bond acceptors (Lipinski definition) is 3. The number of benzene rings is 1. The summed E-state index contributed by atoms with van der Waals surface area (Å²) in [6.45, 7) is 8.13. The lowest BCUT2D eigenvalue weighted by Gasteiger charge is -2.11.